The van der Waals surface area contributed by atoms with Gasteiger partial charge in [-0.25, -0.2) is 0 Å². The normalized spacial score (nSPS) is 16.7. The van der Waals surface area contributed by atoms with Gasteiger partial charge >= 0.3 is 0 Å². The molecule has 2 nitrogen and oxygen atoms in total. The number of aliphatic hydroxyl groups is 1. The summed E-state index contributed by atoms with van der Waals surface area (Å²) in [5, 5.41) is 11.7. The molecule has 0 aromatic heterocycles. The minimum atomic E-state index is -1.04. The van der Waals surface area contributed by atoms with Gasteiger partial charge in [0.25, 0.3) is 0 Å². The highest BCUT2D eigenvalue weighted by molar-refractivity contribution is 5.77. The number of hydrogen-bond acceptors (Lipinski definition) is 2. The van der Waals surface area contributed by atoms with Crippen LogP contribution in [0, 0.1) is 5.92 Å². The predicted octanol–water partition coefficient (Wildman–Crippen LogP) is 3.39. The first-order chi connectivity index (χ1) is 10.2. The monoisotopic (exact) mass is 279 g/mol. The van der Waals surface area contributed by atoms with Gasteiger partial charge in [-0.1, -0.05) is 67.6 Å². The highest BCUT2D eigenvalue weighted by atomic mass is 16.3. The van der Waals surface area contributed by atoms with Gasteiger partial charge in [-0.15, -0.1) is 0 Å². The van der Waals surface area contributed by atoms with Crippen LogP contribution in [-0.4, -0.2) is 11.7 Å². The van der Waals surface area contributed by atoms with Gasteiger partial charge in [0.15, 0.2) is 0 Å². The Labute approximate surface area is 125 Å². The topological polar surface area (TPSA) is 46.2 Å². The summed E-state index contributed by atoms with van der Waals surface area (Å²) in [7, 11) is 0. The molecule has 3 rings (SSSR count). The molecule has 2 aromatic carbocycles. The van der Waals surface area contributed by atoms with Crippen molar-refractivity contribution in [3.05, 3.63) is 70.8 Å². The fraction of sp³-hybridized carbons (Fsp3) is 0.263. The van der Waals surface area contributed by atoms with Gasteiger partial charge in [0.05, 0.1) is 0 Å². The van der Waals surface area contributed by atoms with Gasteiger partial charge in [-0.3, -0.25) is 0 Å². The summed E-state index contributed by atoms with van der Waals surface area (Å²) in [6.45, 7) is 2.54. The van der Waals surface area contributed by atoms with Crippen molar-refractivity contribution in [1.29, 1.82) is 0 Å². The molecule has 21 heavy (non-hydrogen) atoms. The van der Waals surface area contributed by atoms with Gasteiger partial charge in [0, 0.05) is 5.92 Å². The molecular formula is C19H21NO. The summed E-state index contributed by atoms with van der Waals surface area (Å²) in [5.74, 6) is -0.0142. The van der Waals surface area contributed by atoms with Crippen molar-refractivity contribution < 1.29 is 5.11 Å². The third-order valence-electron chi connectivity index (χ3n) is 4.55. The first kappa shape index (κ1) is 14.1. The Morgan fingerprint density at radius 3 is 1.86 bits per heavy atom. The number of nitrogens with two attached hydrogens (primary N) is 1. The molecule has 0 spiro atoms. The minimum Gasteiger partial charge on any atom is -0.380 e. The van der Waals surface area contributed by atoms with Crippen LogP contribution in [-0.2, 0) is 5.60 Å². The van der Waals surface area contributed by atoms with E-state index in [1.807, 2.05) is 48.5 Å². The number of hydrogen-bond donors (Lipinski definition) is 2. The van der Waals surface area contributed by atoms with Crippen LogP contribution in [0.1, 0.15) is 35.6 Å². The van der Waals surface area contributed by atoms with Crippen molar-refractivity contribution in [2.24, 2.45) is 11.7 Å². The molecule has 1 aliphatic rings. The van der Waals surface area contributed by atoms with E-state index in [0.717, 1.165) is 28.7 Å². The van der Waals surface area contributed by atoms with Crippen LogP contribution in [0.5, 0.6) is 0 Å². The van der Waals surface area contributed by atoms with Crippen LogP contribution >= 0.6 is 0 Å². The van der Waals surface area contributed by atoms with Gasteiger partial charge in [-0.2, -0.15) is 0 Å². The van der Waals surface area contributed by atoms with Crippen molar-refractivity contribution in [2.45, 2.75) is 18.9 Å². The quantitative estimate of drug-likeness (QED) is 0.904. The molecule has 0 saturated carbocycles. The lowest BCUT2D eigenvalue weighted by atomic mass is 9.73. The van der Waals surface area contributed by atoms with E-state index in [0.29, 0.717) is 6.54 Å². The molecule has 0 aliphatic heterocycles. The van der Waals surface area contributed by atoms with Crippen molar-refractivity contribution in [3.63, 3.8) is 0 Å². The van der Waals surface area contributed by atoms with E-state index in [4.69, 9.17) is 5.73 Å². The summed E-state index contributed by atoms with van der Waals surface area (Å²) in [6.07, 6.45) is 4.99. The summed E-state index contributed by atoms with van der Waals surface area (Å²) in [5.41, 5.74) is 8.95. The summed E-state index contributed by atoms with van der Waals surface area (Å²) < 4.78 is 0. The van der Waals surface area contributed by atoms with Crippen LogP contribution < -0.4 is 5.73 Å². The molecular weight excluding hydrogens is 258 g/mol. The van der Waals surface area contributed by atoms with E-state index in [-0.39, 0.29) is 5.92 Å². The van der Waals surface area contributed by atoms with Crippen molar-refractivity contribution in [3.8, 4) is 0 Å². The third-order valence-corrected chi connectivity index (χ3v) is 4.55. The fourth-order valence-electron chi connectivity index (χ4n) is 3.38. The number of fused-ring (bicyclic) bond motifs is 2. The van der Waals surface area contributed by atoms with E-state index in [9.17, 15) is 5.11 Å². The van der Waals surface area contributed by atoms with Crippen LogP contribution in [0.4, 0.5) is 0 Å². The molecule has 1 atom stereocenters. The first-order valence-corrected chi connectivity index (χ1v) is 7.51. The molecule has 2 aromatic rings. The lowest BCUT2D eigenvalue weighted by Gasteiger charge is -2.37. The smallest absolute Gasteiger partial charge is 0.120 e. The SMILES string of the molecule is CCC(CN)C1(O)c2ccccc2C=Cc2ccccc21. The van der Waals surface area contributed by atoms with Crippen molar-refractivity contribution in [2.75, 3.05) is 6.54 Å². The van der Waals surface area contributed by atoms with E-state index in [1.165, 1.54) is 0 Å². The lowest BCUT2D eigenvalue weighted by molar-refractivity contribution is 0.0178. The van der Waals surface area contributed by atoms with Crippen LogP contribution in [0.15, 0.2) is 48.5 Å². The molecule has 0 bridgehead atoms. The Morgan fingerprint density at radius 2 is 1.43 bits per heavy atom. The van der Waals surface area contributed by atoms with Crippen molar-refractivity contribution in [1.82, 2.24) is 0 Å². The average molecular weight is 279 g/mol. The van der Waals surface area contributed by atoms with Crippen LogP contribution in [0.2, 0.25) is 0 Å². The van der Waals surface area contributed by atoms with Gasteiger partial charge in [-0.05, 0) is 35.2 Å². The maximum absolute atomic E-state index is 11.7. The van der Waals surface area contributed by atoms with E-state index >= 15 is 0 Å². The standard InChI is InChI=1S/C19H21NO/c1-2-16(13-20)19(21)17-9-5-3-7-14(17)11-12-15-8-4-6-10-18(15)19/h3-12,16,21H,2,13,20H2,1H3. The molecule has 1 unspecified atom stereocenters. The second-order valence-electron chi connectivity index (χ2n) is 5.62. The molecule has 0 heterocycles. The van der Waals surface area contributed by atoms with Crippen LogP contribution in [0.3, 0.4) is 0 Å². The number of rotatable bonds is 3. The lowest BCUT2D eigenvalue weighted by Crippen LogP contribution is -2.41. The average Bonchev–Trinajstić information content (AvgIpc) is 2.66. The van der Waals surface area contributed by atoms with E-state index in [1.54, 1.807) is 0 Å². The van der Waals surface area contributed by atoms with Gasteiger partial charge < -0.3 is 10.8 Å². The maximum Gasteiger partial charge on any atom is 0.120 e. The third kappa shape index (κ3) is 2.11. The molecule has 3 N–H and O–H groups in total. The first-order valence-electron chi connectivity index (χ1n) is 7.51. The summed E-state index contributed by atoms with van der Waals surface area (Å²) in [4.78, 5) is 0. The molecule has 0 saturated heterocycles. The molecule has 0 fully saturated rings. The molecule has 0 radical (unpaired) electrons. The highest BCUT2D eigenvalue weighted by Gasteiger charge is 2.41. The van der Waals surface area contributed by atoms with Crippen LogP contribution in [0.25, 0.3) is 12.2 Å². The van der Waals surface area contributed by atoms with Gasteiger partial charge in [0.1, 0.15) is 5.60 Å². The molecule has 0 amide bonds. The molecule has 2 heteroatoms. The Bertz CT molecular complexity index is 621. The zero-order chi connectivity index (χ0) is 14.9. The van der Waals surface area contributed by atoms with Crippen molar-refractivity contribution >= 4 is 12.2 Å². The minimum absolute atomic E-state index is 0.0142. The highest BCUT2D eigenvalue weighted by Crippen LogP contribution is 2.43. The van der Waals surface area contributed by atoms with E-state index in [2.05, 4.69) is 19.1 Å². The summed E-state index contributed by atoms with van der Waals surface area (Å²) in [6, 6.07) is 16.1. The van der Waals surface area contributed by atoms with E-state index < -0.39 is 5.60 Å². The Hall–Kier alpha value is -1.90. The maximum atomic E-state index is 11.7. The Kier molecular flexibility index (Phi) is 3.66. The number of benzene rings is 2. The molecule has 108 valence electrons. The zero-order valence-corrected chi connectivity index (χ0v) is 12.3. The Morgan fingerprint density at radius 1 is 0.952 bits per heavy atom. The second kappa shape index (κ2) is 5.47. The van der Waals surface area contributed by atoms with Gasteiger partial charge in [0.2, 0.25) is 0 Å². The fourth-order valence-corrected chi connectivity index (χ4v) is 3.38. The second-order valence-corrected chi connectivity index (χ2v) is 5.62. The predicted molar refractivity (Wildman–Crippen MR) is 87.6 cm³/mol. The summed E-state index contributed by atoms with van der Waals surface area (Å²) >= 11 is 0. The Balaban J connectivity index is 2.33. The largest absolute Gasteiger partial charge is 0.380 e. The zero-order valence-electron chi connectivity index (χ0n) is 12.3. The molecule has 1 aliphatic carbocycles.